The zero-order valence-electron chi connectivity index (χ0n) is 15.7. The summed E-state index contributed by atoms with van der Waals surface area (Å²) >= 11 is 7.50. The van der Waals surface area contributed by atoms with E-state index in [2.05, 4.69) is 0 Å². The molecule has 5 rings (SSSR count). The summed E-state index contributed by atoms with van der Waals surface area (Å²) in [4.78, 5) is 18.1. The minimum atomic E-state index is -0.116. The van der Waals surface area contributed by atoms with Gasteiger partial charge in [-0.15, -0.1) is 11.3 Å². The number of ketones is 1. The number of hydrogen-bond donors (Lipinski definition) is 1. The van der Waals surface area contributed by atoms with Crippen LogP contribution in [0.3, 0.4) is 0 Å². The van der Waals surface area contributed by atoms with Gasteiger partial charge in [0.25, 0.3) is 0 Å². The topological polar surface area (TPSA) is 60.4 Å². The Labute approximate surface area is 182 Å². The summed E-state index contributed by atoms with van der Waals surface area (Å²) in [6, 6.07) is 22.5. The van der Waals surface area contributed by atoms with E-state index in [1.165, 1.54) is 11.3 Å². The van der Waals surface area contributed by atoms with Gasteiger partial charge in [0.2, 0.25) is 5.78 Å². The average molecular weight is 430 g/mol. The molecule has 3 heterocycles. The van der Waals surface area contributed by atoms with Gasteiger partial charge in [-0.1, -0.05) is 60.1 Å². The lowest BCUT2D eigenvalue weighted by Gasteiger charge is -2.03. The van der Waals surface area contributed by atoms with Crippen LogP contribution in [0.2, 0.25) is 5.02 Å². The molecule has 0 atom stereocenters. The molecular formula is C24H16ClN3OS. The van der Waals surface area contributed by atoms with Crippen molar-refractivity contribution in [1.29, 1.82) is 0 Å². The molecule has 0 aliphatic heterocycles. The summed E-state index contributed by atoms with van der Waals surface area (Å²) in [5.41, 5.74) is 11.5. The van der Waals surface area contributed by atoms with Crippen LogP contribution in [0.1, 0.15) is 16.1 Å². The number of nitrogen functional groups attached to an aromatic ring is 1. The largest absolute Gasteiger partial charge is 0.396 e. The Kier molecular flexibility index (Phi) is 4.62. The van der Waals surface area contributed by atoms with Crippen LogP contribution in [-0.2, 0) is 0 Å². The number of nitrogens with zero attached hydrogens (tertiary/aromatic N) is 2. The molecule has 0 bridgehead atoms. The third kappa shape index (κ3) is 3.09. The van der Waals surface area contributed by atoms with Crippen molar-refractivity contribution in [3.63, 3.8) is 0 Å². The molecule has 2 aromatic carbocycles. The minimum absolute atomic E-state index is 0.116. The Balaban J connectivity index is 1.67. The monoisotopic (exact) mass is 429 g/mol. The maximum Gasteiger partial charge on any atom is 0.211 e. The first-order valence-electron chi connectivity index (χ1n) is 9.33. The fourth-order valence-electron chi connectivity index (χ4n) is 3.55. The van der Waals surface area contributed by atoms with Crippen molar-refractivity contribution in [3.8, 4) is 21.8 Å². The van der Waals surface area contributed by atoms with Crippen LogP contribution in [0.4, 0.5) is 5.69 Å². The Morgan fingerprint density at radius 3 is 2.47 bits per heavy atom. The van der Waals surface area contributed by atoms with Crippen molar-refractivity contribution in [2.45, 2.75) is 0 Å². The van der Waals surface area contributed by atoms with E-state index >= 15 is 0 Å². The molecule has 0 saturated carbocycles. The second kappa shape index (κ2) is 7.44. The molecule has 0 aliphatic rings. The number of halogens is 1. The van der Waals surface area contributed by atoms with E-state index in [9.17, 15) is 4.79 Å². The molecule has 0 amide bonds. The van der Waals surface area contributed by atoms with Crippen LogP contribution >= 0.6 is 22.9 Å². The number of fused-ring (bicyclic) bond motifs is 1. The molecule has 2 N–H and O–H groups in total. The van der Waals surface area contributed by atoms with Gasteiger partial charge in [-0.3, -0.25) is 4.79 Å². The number of thiazole rings is 1. The van der Waals surface area contributed by atoms with Crippen LogP contribution in [0.15, 0.2) is 84.4 Å². The molecule has 0 radical (unpaired) electrons. The SMILES string of the molecule is Nc1c(-c2nc(-c3ccc(Cl)cc3)cs2)c2ccccn2c1C(=O)c1ccccc1. The molecule has 0 spiro atoms. The lowest BCUT2D eigenvalue weighted by atomic mass is 10.1. The smallest absolute Gasteiger partial charge is 0.211 e. The Hall–Kier alpha value is -3.41. The third-order valence-corrected chi connectivity index (χ3v) is 6.10. The maximum absolute atomic E-state index is 13.3. The number of hydrogen-bond acceptors (Lipinski definition) is 4. The maximum atomic E-state index is 13.3. The Bertz CT molecular complexity index is 1370. The van der Waals surface area contributed by atoms with E-state index in [1.807, 2.05) is 76.6 Å². The van der Waals surface area contributed by atoms with Gasteiger partial charge in [-0.05, 0) is 24.3 Å². The third-order valence-electron chi connectivity index (χ3n) is 4.99. The highest BCUT2D eigenvalue weighted by Crippen LogP contribution is 2.39. The molecule has 0 aliphatic carbocycles. The van der Waals surface area contributed by atoms with E-state index in [0.29, 0.717) is 22.0 Å². The molecular weight excluding hydrogens is 414 g/mol. The van der Waals surface area contributed by atoms with Crippen molar-refractivity contribution >= 4 is 39.9 Å². The average Bonchev–Trinajstić information content (AvgIpc) is 3.36. The predicted octanol–water partition coefficient (Wildman–Crippen LogP) is 6.20. The number of anilines is 1. The van der Waals surface area contributed by atoms with Crippen molar-refractivity contribution < 1.29 is 4.79 Å². The number of rotatable bonds is 4. The molecule has 4 nitrogen and oxygen atoms in total. The highest BCUT2D eigenvalue weighted by molar-refractivity contribution is 7.13. The summed E-state index contributed by atoms with van der Waals surface area (Å²) in [5.74, 6) is -0.116. The minimum Gasteiger partial charge on any atom is -0.396 e. The lowest BCUT2D eigenvalue weighted by molar-refractivity contribution is 0.103. The summed E-state index contributed by atoms with van der Waals surface area (Å²) in [6.07, 6.45) is 1.86. The van der Waals surface area contributed by atoms with Gasteiger partial charge in [-0.2, -0.15) is 0 Å². The highest BCUT2D eigenvalue weighted by Gasteiger charge is 2.24. The number of pyridine rings is 1. The van der Waals surface area contributed by atoms with Gasteiger partial charge in [0, 0.05) is 27.7 Å². The van der Waals surface area contributed by atoms with Crippen LogP contribution in [-0.4, -0.2) is 15.2 Å². The Morgan fingerprint density at radius 1 is 0.967 bits per heavy atom. The van der Waals surface area contributed by atoms with Gasteiger partial charge < -0.3 is 10.1 Å². The quantitative estimate of drug-likeness (QED) is 0.346. The van der Waals surface area contributed by atoms with Crippen molar-refractivity contribution in [2.24, 2.45) is 0 Å². The number of nitrogens with two attached hydrogens (primary N) is 1. The molecule has 30 heavy (non-hydrogen) atoms. The van der Waals surface area contributed by atoms with E-state index < -0.39 is 0 Å². The second-order valence-electron chi connectivity index (χ2n) is 6.83. The van der Waals surface area contributed by atoms with E-state index in [-0.39, 0.29) is 5.78 Å². The first-order valence-corrected chi connectivity index (χ1v) is 10.6. The standard InChI is InChI=1S/C24H16ClN3OS/c25-17-11-9-15(10-12-17)18-14-30-24(27-18)20-19-8-4-5-13-28(19)22(21(20)26)23(29)16-6-2-1-3-7-16/h1-14H,26H2. The molecule has 5 aromatic rings. The predicted molar refractivity (Wildman–Crippen MR) is 123 cm³/mol. The van der Waals surface area contributed by atoms with Crippen molar-refractivity contribution in [3.05, 3.63) is 101 Å². The number of carbonyl (C=O) groups excluding carboxylic acids is 1. The van der Waals surface area contributed by atoms with Gasteiger partial charge in [-0.25, -0.2) is 4.98 Å². The molecule has 3 aromatic heterocycles. The van der Waals surface area contributed by atoms with Crippen LogP contribution < -0.4 is 5.73 Å². The molecule has 6 heteroatoms. The number of aromatic nitrogens is 2. The zero-order chi connectivity index (χ0) is 20.7. The number of benzene rings is 2. The molecule has 0 saturated heterocycles. The fraction of sp³-hybridized carbons (Fsp3) is 0. The zero-order valence-corrected chi connectivity index (χ0v) is 17.3. The molecule has 0 unspecified atom stereocenters. The summed E-state index contributed by atoms with van der Waals surface area (Å²) < 4.78 is 1.85. The van der Waals surface area contributed by atoms with Crippen molar-refractivity contribution in [1.82, 2.24) is 9.38 Å². The Morgan fingerprint density at radius 2 is 1.70 bits per heavy atom. The second-order valence-corrected chi connectivity index (χ2v) is 8.13. The van der Waals surface area contributed by atoms with Crippen LogP contribution in [0.25, 0.3) is 27.3 Å². The van der Waals surface area contributed by atoms with Gasteiger partial charge >= 0.3 is 0 Å². The molecule has 146 valence electrons. The van der Waals surface area contributed by atoms with Crippen molar-refractivity contribution in [2.75, 3.05) is 5.73 Å². The summed E-state index contributed by atoms with van der Waals surface area (Å²) in [5, 5.41) is 3.44. The normalized spacial score (nSPS) is 11.1. The highest BCUT2D eigenvalue weighted by atomic mass is 35.5. The van der Waals surface area contributed by atoms with Crippen LogP contribution in [0.5, 0.6) is 0 Å². The van der Waals surface area contributed by atoms with E-state index in [1.54, 1.807) is 12.1 Å². The van der Waals surface area contributed by atoms with Gasteiger partial charge in [0.05, 0.1) is 22.5 Å². The van der Waals surface area contributed by atoms with Gasteiger partial charge in [0.15, 0.2) is 0 Å². The van der Waals surface area contributed by atoms with E-state index in [4.69, 9.17) is 22.3 Å². The lowest BCUT2D eigenvalue weighted by Crippen LogP contribution is -2.07. The first-order chi connectivity index (χ1) is 14.6. The molecule has 0 fully saturated rings. The summed E-state index contributed by atoms with van der Waals surface area (Å²) in [6.45, 7) is 0. The van der Waals surface area contributed by atoms with E-state index in [0.717, 1.165) is 27.3 Å². The van der Waals surface area contributed by atoms with Gasteiger partial charge in [0.1, 0.15) is 10.7 Å². The first kappa shape index (κ1) is 18.6. The van der Waals surface area contributed by atoms with Crippen LogP contribution in [0, 0.1) is 0 Å². The fourth-order valence-corrected chi connectivity index (χ4v) is 4.57. The summed E-state index contributed by atoms with van der Waals surface area (Å²) in [7, 11) is 0. The number of carbonyl (C=O) groups is 1.